The van der Waals surface area contributed by atoms with Crippen molar-refractivity contribution in [1.82, 2.24) is 5.32 Å². The highest BCUT2D eigenvalue weighted by molar-refractivity contribution is 7.90. The number of amides is 2. The molecule has 0 spiro atoms. The lowest BCUT2D eigenvalue weighted by Gasteiger charge is -2.28. The Morgan fingerprint density at radius 1 is 0.960 bits per heavy atom. The second-order valence-electron chi connectivity index (χ2n) is 5.95. The molecule has 2 aromatic rings. The minimum absolute atomic E-state index is 0.112. The third-order valence-corrected chi connectivity index (χ3v) is 5.24. The van der Waals surface area contributed by atoms with Gasteiger partial charge in [-0.1, -0.05) is 35.4 Å². The number of benzene rings is 2. The zero-order valence-corrected chi connectivity index (χ0v) is 14.9. The average Bonchev–Trinajstić information content (AvgIpc) is 2.56. The molecule has 0 saturated carbocycles. The van der Waals surface area contributed by atoms with E-state index < -0.39 is 10.0 Å². The summed E-state index contributed by atoms with van der Waals surface area (Å²) in [6, 6.07) is 13.4. The van der Waals surface area contributed by atoms with Crippen LogP contribution in [0.5, 0.6) is 0 Å². The highest BCUT2D eigenvalue weighted by Gasteiger charge is 2.28. The largest absolute Gasteiger partial charge is 0.337 e. The maximum absolute atomic E-state index is 12.6. The first-order chi connectivity index (χ1) is 11.9. The number of urea groups is 1. The Balaban J connectivity index is 2.02. The smallest absolute Gasteiger partial charge is 0.327 e. The van der Waals surface area contributed by atoms with Crippen LogP contribution in [-0.2, 0) is 10.0 Å². The maximum atomic E-state index is 12.6. The number of nitrogens with one attached hydrogen (secondary N) is 1. The first-order valence-corrected chi connectivity index (χ1v) is 9.36. The molecular formula is C18H19N3O3S. The third kappa shape index (κ3) is 3.71. The molecule has 25 heavy (non-hydrogen) atoms. The van der Waals surface area contributed by atoms with Gasteiger partial charge in [-0.25, -0.2) is 9.69 Å². The van der Waals surface area contributed by atoms with E-state index in [1.54, 1.807) is 24.3 Å². The Hall–Kier alpha value is -2.67. The summed E-state index contributed by atoms with van der Waals surface area (Å²) in [6.45, 7) is 4.17. The lowest BCUT2D eigenvalue weighted by Crippen LogP contribution is -2.50. The standard InChI is InChI=1S/C18H19N3O3S/c1-13-3-7-15(8-4-13)21-17(11-12-19-18(21)22)20-25(23,24)16-9-5-14(2)6-10-16/h3-10H,11-12H2,1-2H3,(H,19,22). The molecule has 2 amide bonds. The van der Waals surface area contributed by atoms with E-state index in [0.29, 0.717) is 18.7 Å². The van der Waals surface area contributed by atoms with Crippen LogP contribution in [0.3, 0.4) is 0 Å². The van der Waals surface area contributed by atoms with Crippen molar-refractivity contribution in [3.05, 3.63) is 59.7 Å². The van der Waals surface area contributed by atoms with E-state index in [4.69, 9.17) is 0 Å². The topological polar surface area (TPSA) is 78.8 Å². The van der Waals surface area contributed by atoms with Crippen LogP contribution in [0.4, 0.5) is 10.5 Å². The second kappa shape index (κ2) is 6.68. The van der Waals surface area contributed by atoms with Crippen molar-refractivity contribution in [2.75, 3.05) is 11.4 Å². The van der Waals surface area contributed by atoms with Gasteiger partial charge in [-0.2, -0.15) is 8.42 Å². The summed E-state index contributed by atoms with van der Waals surface area (Å²) < 4.78 is 29.2. The molecule has 1 fully saturated rings. The summed E-state index contributed by atoms with van der Waals surface area (Å²) in [5.41, 5.74) is 2.59. The number of hydrogen-bond donors (Lipinski definition) is 1. The molecule has 0 aromatic heterocycles. The lowest BCUT2D eigenvalue weighted by molar-refractivity contribution is 0.248. The number of carbonyl (C=O) groups excluding carboxylic acids is 1. The van der Waals surface area contributed by atoms with Gasteiger partial charge in [0.05, 0.1) is 10.6 Å². The van der Waals surface area contributed by atoms with E-state index in [2.05, 4.69) is 9.71 Å². The molecular weight excluding hydrogens is 338 g/mol. The third-order valence-electron chi connectivity index (χ3n) is 3.92. The molecule has 1 aliphatic heterocycles. The lowest BCUT2D eigenvalue weighted by atomic mass is 10.2. The number of nitrogens with zero attached hydrogens (tertiary/aromatic N) is 2. The monoisotopic (exact) mass is 357 g/mol. The quantitative estimate of drug-likeness (QED) is 0.917. The molecule has 2 aromatic carbocycles. The van der Waals surface area contributed by atoms with Crippen LogP contribution in [0.1, 0.15) is 17.5 Å². The molecule has 130 valence electrons. The van der Waals surface area contributed by atoms with Crippen molar-refractivity contribution < 1.29 is 13.2 Å². The number of sulfonamides is 1. The zero-order valence-electron chi connectivity index (χ0n) is 14.1. The van der Waals surface area contributed by atoms with Gasteiger partial charge in [-0.15, -0.1) is 4.40 Å². The van der Waals surface area contributed by atoms with Crippen LogP contribution in [0, 0.1) is 13.8 Å². The minimum Gasteiger partial charge on any atom is -0.337 e. The number of rotatable bonds is 3. The van der Waals surface area contributed by atoms with Crippen LogP contribution in [0.2, 0.25) is 0 Å². The van der Waals surface area contributed by atoms with Crippen LogP contribution >= 0.6 is 0 Å². The minimum atomic E-state index is -3.88. The highest BCUT2D eigenvalue weighted by Crippen LogP contribution is 2.21. The fourth-order valence-electron chi connectivity index (χ4n) is 2.54. The molecule has 1 aliphatic rings. The van der Waals surface area contributed by atoms with Crippen LogP contribution in [0.25, 0.3) is 0 Å². The SMILES string of the molecule is Cc1ccc(N2C(=O)NCCC2=NS(=O)(=O)c2ccc(C)cc2)cc1. The molecule has 1 heterocycles. The molecule has 1 N–H and O–H groups in total. The van der Waals surface area contributed by atoms with Gasteiger partial charge < -0.3 is 5.32 Å². The summed E-state index contributed by atoms with van der Waals surface area (Å²) in [5.74, 6) is 0.216. The summed E-state index contributed by atoms with van der Waals surface area (Å²) in [4.78, 5) is 13.7. The number of anilines is 1. The number of amidine groups is 1. The van der Waals surface area contributed by atoms with Gasteiger partial charge in [0.25, 0.3) is 10.0 Å². The van der Waals surface area contributed by atoms with E-state index in [9.17, 15) is 13.2 Å². The first kappa shape index (κ1) is 17.2. The fourth-order valence-corrected chi connectivity index (χ4v) is 3.57. The molecule has 7 heteroatoms. The van der Waals surface area contributed by atoms with Crippen LogP contribution in [0.15, 0.2) is 57.8 Å². The summed E-state index contributed by atoms with van der Waals surface area (Å²) in [6.07, 6.45) is 0.338. The van der Waals surface area contributed by atoms with Gasteiger partial charge in [-0.05, 0) is 38.1 Å². The highest BCUT2D eigenvalue weighted by atomic mass is 32.2. The number of carbonyl (C=O) groups is 1. The van der Waals surface area contributed by atoms with E-state index in [-0.39, 0.29) is 16.8 Å². The van der Waals surface area contributed by atoms with Crippen molar-refractivity contribution in [2.24, 2.45) is 4.40 Å². The molecule has 0 bridgehead atoms. The normalized spacial score (nSPS) is 16.8. The Labute approximate surface area is 147 Å². The summed E-state index contributed by atoms with van der Waals surface area (Å²) in [7, 11) is -3.88. The van der Waals surface area contributed by atoms with Gasteiger partial charge in [0.1, 0.15) is 5.84 Å². The molecule has 0 radical (unpaired) electrons. The molecule has 0 unspecified atom stereocenters. The van der Waals surface area contributed by atoms with Crippen molar-refractivity contribution in [1.29, 1.82) is 0 Å². The fraction of sp³-hybridized carbons (Fsp3) is 0.222. The van der Waals surface area contributed by atoms with Crippen LogP contribution < -0.4 is 10.2 Å². The van der Waals surface area contributed by atoms with Gasteiger partial charge in [0.15, 0.2) is 0 Å². The Morgan fingerprint density at radius 2 is 1.52 bits per heavy atom. The van der Waals surface area contributed by atoms with Gasteiger partial charge in [-0.3, -0.25) is 0 Å². The van der Waals surface area contributed by atoms with E-state index >= 15 is 0 Å². The predicted octanol–water partition coefficient (Wildman–Crippen LogP) is 3.01. The van der Waals surface area contributed by atoms with Gasteiger partial charge in [0, 0.05) is 13.0 Å². The summed E-state index contributed by atoms with van der Waals surface area (Å²) >= 11 is 0. The second-order valence-corrected chi connectivity index (χ2v) is 7.55. The Bertz CT molecular complexity index is 917. The summed E-state index contributed by atoms with van der Waals surface area (Å²) in [5, 5.41) is 2.72. The maximum Gasteiger partial charge on any atom is 0.327 e. The molecule has 0 aliphatic carbocycles. The van der Waals surface area contributed by atoms with Crippen LogP contribution in [-0.4, -0.2) is 26.8 Å². The molecule has 6 nitrogen and oxygen atoms in total. The van der Waals surface area contributed by atoms with E-state index in [1.807, 2.05) is 26.0 Å². The number of aryl methyl sites for hydroxylation is 2. The molecule has 3 rings (SSSR count). The van der Waals surface area contributed by atoms with Crippen molar-refractivity contribution >= 4 is 27.6 Å². The van der Waals surface area contributed by atoms with Crippen molar-refractivity contribution in [2.45, 2.75) is 25.2 Å². The first-order valence-electron chi connectivity index (χ1n) is 7.92. The van der Waals surface area contributed by atoms with Gasteiger partial charge in [0.2, 0.25) is 0 Å². The van der Waals surface area contributed by atoms with E-state index in [1.165, 1.54) is 17.0 Å². The zero-order chi connectivity index (χ0) is 18.0. The van der Waals surface area contributed by atoms with E-state index in [0.717, 1.165) is 11.1 Å². The van der Waals surface area contributed by atoms with Crippen molar-refractivity contribution in [3.63, 3.8) is 0 Å². The molecule has 0 atom stereocenters. The Morgan fingerprint density at radius 3 is 2.12 bits per heavy atom. The average molecular weight is 357 g/mol. The predicted molar refractivity (Wildman–Crippen MR) is 97.5 cm³/mol. The van der Waals surface area contributed by atoms with Crippen molar-refractivity contribution in [3.8, 4) is 0 Å². The number of hydrogen-bond acceptors (Lipinski definition) is 3. The Kier molecular flexibility index (Phi) is 4.59. The molecule has 1 saturated heterocycles. The van der Waals surface area contributed by atoms with Gasteiger partial charge >= 0.3 is 6.03 Å².